The van der Waals surface area contributed by atoms with E-state index in [0.717, 1.165) is 5.25 Å². The number of hydroxylamine groups is 1. The van der Waals surface area contributed by atoms with Crippen LogP contribution in [0.15, 0.2) is 0 Å². The van der Waals surface area contributed by atoms with Gasteiger partial charge in [-0.2, -0.15) is 17.2 Å². The lowest BCUT2D eigenvalue weighted by Crippen LogP contribution is -2.37. The van der Waals surface area contributed by atoms with E-state index < -0.39 is 0 Å². The standard InChI is InChI=1S/C11H21NOS/c1-9-6-7-10(8-14-9)12-13-11-4-2-3-5-11/h9-12H,2-8H2,1H3. The predicted octanol–water partition coefficient (Wildman–Crippen LogP) is 2.73. The molecule has 2 aliphatic rings. The lowest BCUT2D eigenvalue weighted by atomic mass is 10.1. The molecule has 0 amide bonds. The summed E-state index contributed by atoms with van der Waals surface area (Å²) >= 11 is 2.07. The van der Waals surface area contributed by atoms with Crippen molar-refractivity contribution in [2.24, 2.45) is 0 Å². The summed E-state index contributed by atoms with van der Waals surface area (Å²) in [5.41, 5.74) is 3.26. The summed E-state index contributed by atoms with van der Waals surface area (Å²) in [7, 11) is 0. The van der Waals surface area contributed by atoms with E-state index in [-0.39, 0.29) is 0 Å². The molecule has 0 radical (unpaired) electrons. The van der Waals surface area contributed by atoms with Crippen molar-refractivity contribution >= 4 is 11.8 Å². The van der Waals surface area contributed by atoms with Crippen LogP contribution < -0.4 is 5.48 Å². The minimum absolute atomic E-state index is 0.499. The third kappa shape index (κ3) is 3.14. The van der Waals surface area contributed by atoms with Gasteiger partial charge in [0.05, 0.1) is 6.10 Å². The van der Waals surface area contributed by atoms with Gasteiger partial charge in [-0.1, -0.05) is 19.8 Å². The Morgan fingerprint density at radius 3 is 2.57 bits per heavy atom. The molecule has 2 rings (SSSR count). The molecule has 2 atom stereocenters. The highest BCUT2D eigenvalue weighted by Crippen LogP contribution is 2.25. The fourth-order valence-corrected chi connectivity index (χ4v) is 3.27. The van der Waals surface area contributed by atoms with Crippen LogP contribution in [0, 0.1) is 0 Å². The molecule has 1 heterocycles. The molecule has 2 nitrogen and oxygen atoms in total. The summed E-state index contributed by atoms with van der Waals surface area (Å²) in [4.78, 5) is 5.71. The van der Waals surface area contributed by atoms with Gasteiger partial charge < -0.3 is 0 Å². The summed E-state index contributed by atoms with van der Waals surface area (Å²) in [6.45, 7) is 2.32. The smallest absolute Gasteiger partial charge is 0.0790 e. The lowest BCUT2D eigenvalue weighted by molar-refractivity contribution is -0.0381. The second-order valence-electron chi connectivity index (χ2n) is 4.56. The fourth-order valence-electron chi connectivity index (χ4n) is 2.17. The van der Waals surface area contributed by atoms with Crippen LogP contribution in [-0.4, -0.2) is 23.1 Å². The molecule has 2 unspecified atom stereocenters. The molecule has 1 saturated carbocycles. The van der Waals surface area contributed by atoms with Gasteiger partial charge in [0.2, 0.25) is 0 Å². The molecule has 1 N–H and O–H groups in total. The van der Waals surface area contributed by atoms with Crippen molar-refractivity contribution in [3.63, 3.8) is 0 Å². The van der Waals surface area contributed by atoms with E-state index in [1.807, 2.05) is 0 Å². The van der Waals surface area contributed by atoms with Gasteiger partial charge in [-0.05, 0) is 25.7 Å². The number of nitrogens with one attached hydrogen (secondary N) is 1. The van der Waals surface area contributed by atoms with Gasteiger partial charge in [0.25, 0.3) is 0 Å². The molecule has 0 spiro atoms. The van der Waals surface area contributed by atoms with Crippen molar-refractivity contribution in [2.75, 3.05) is 5.75 Å². The Hall–Kier alpha value is 0.270. The summed E-state index contributed by atoms with van der Waals surface area (Å²) in [5.74, 6) is 1.22. The average molecular weight is 215 g/mol. The monoisotopic (exact) mass is 215 g/mol. The van der Waals surface area contributed by atoms with Crippen molar-refractivity contribution < 1.29 is 4.84 Å². The minimum atomic E-state index is 0.499. The summed E-state index contributed by atoms with van der Waals surface area (Å²) in [5, 5.41) is 0.847. The zero-order valence-electron chi connectivity index (χ0n) is 9.00. The Balaban J connectivity index is 1.60. The third-order valence-corrected chi connectivity index (χ3v) is 4.61. The van der Waals surface area contributed by atoms with Crippen LogP contribution in [-0.2, 0) is 4.84 Å². The molecule has 0 aromatic heterocycles. The number of hydrogen-bond acceptors (Lipinski definition) is 3. The van der Waals surface area contributed by atoms with Crippen LogP contribution in [0.4, 0.5) is 0 Å². The van der Waals surface area contributed by atoms with E-state index in [0.29, 0.717) is 12.1 Å². The Morgan fingerprint density at radius 2 is 1.93 bits per heavy atom. The van der Waals surface area contributed by atoms with Crippen molar-refractivity contribution in [3.05, 3.63) is 0 Å². The number of rotatable bonds is 3. The van der Waals surface area contributed by atoms with Gasteiger partial charge in [0.1, 0.15) is 0 Å². The Labute approximate surface area is 91.1 Å². The zero-order chi connectivity index (χ0) is 9.80. The lowest BCUT2D eigenvalue weighted by Gasteiger charge is -2.27. The maximum absolute atomic E-state index is 5.71. The van der Waals surface area contributed by atoms with E-state index in [9.17, 15) is 0 Å². The van der Waals surface area contributed by atoms with Gasteiger partial charge in [-0.3, -0.25) is 4.84 Å². The van der Waals surface area contributed by atoms with Crippen LogP contribution in [0.25, 0.3) is 0 Å². The largest absolute Gasteiger partial charge is 0.298 e. The van der Waals surface area contributed by atoms with E-state index in [4.69, 9.17) is 4.84 Å². The molecule has 0 aromatic carbocycles. The first-order valence-corrected chi connectivity index (χ1v) is 6.92. The first-order chi connectivity index (χ1) is 6.84. The highest BCUT2D eigenvalue weighted by molar-refractivity contribution is 7.99. The van der Waals surface area contributed by atoms with E-state index >= 15 is 0 Å². The van der Waals surface area contributed by atoms with E-state index in [1.165, 1.54) is 44.3 Å². The van der Waals surface area contributed by atoms with Gasteiger partial charge in [0, 0.05) is 17.0 Å². The van der Waals surface area contributed by atoms with Gasteiger partial charge in [-0.25, -0.2) is 0 Å². The highest BCUT2D eigenvalue weighted by Gasteiger charge is 2.21. The summed E-state index contributed by atoms with van der Waals surface area (Å²) in [6, 6.07) is 0.594. The maximum atomic E-state index is 5.71. The van der Waals surface area contributed by atoms with Crippen LogP contribution in [0.5, 0.6) is 0 Å². The van der Waals surface area contributed by atoms with Crippen LogP contribution in [0.2, 0.25) is 0 Å². The molecule has 14 heavy (non-hydrogen) atoms. The molecule has 1 aliphatic heterocycles. The average Bonchev–Trinajstić information content (AvgIpc) is 2.70. The normalized spacial score (nSPS) is 34.9. The summed E-state index contributed by atoms with van der Waals surface area (Å²) < 4.78 is 0. The molecular formula is C11H21NOS. The number of thioether (sulfide) groups is 1. The molecule has 1 saturated heterocycles. The Kier molecular flexibility index (Phi) is 4.14. The fraction of sp³-hybridized carbons (Fsp3) is 1.00. The molecule has 82 valence electrons. The topological polar surface area (TPSA) is 21.3 Å². The molecule has 0 aromatic rings. The van der Waals surface area contributed by atoms with Gasteiger partial charge >= 0.3 is 0 Å². The van der Waals surface area contributed by atoms with Crippen molar-refractivity contribution in [3.8, 4) is 0 Å². The van der Waals surface area contributed by atoms with E-state index in [1.54, 1.807) is 0 Å². The molecular weight excluding hydrogens is 194 g/mol. The van der Waals surface area contributed by atoms with Gasteiger partial charge in [-0.15, -0.1) is 0 Å². The van der Waals surface area contributed by atoms with Crippen molar-refractivity contribution in [1.82, 2.24) is 5.48 Å². The van der Waals surface area contributed by atoms with Gasteiger partial charge in [0.15, 0.2) is 0 Å². The molecule has 2 fully saturated rings. The first-order valence-electron chi connectivity index (χ1n) is 5.87. The SMILES string of the molecule is CC1CCC(NOC2CCCC2)CS1. The second kappa shape index (κ2) is 5.38. The Morgan fingerprint density at radius 1 is 1.14 bits per heavy atom. The third-order valence-electron chi connectivity index (χ3n) is 3.21. The van der Waals surface area contributed by atoms with Crippen LogP contribution in [0.3, 0.4) is 0 Å². The van der Waals surface area contributed by atoms with E-state index in [2.05, 4.69) is 24.2 Å². The highest BCUT2D eigenvalue weighted by atomic mass is 32.2. The molecule has 1 aliphatic carbocycles. The van der Waals surface area contributed by atoms with Crippen molar-refractivity contribution in [1.29, 1.82) is 0 Å². The zero-order valence-corrected chi connectivity index (χ0v) is 9.81. The first kappa shape index (κ1) is 10.8. The quantitative estimate of drug-likeness (QED) is 0.731. The maximum Gasteiger partial charge on any atom is 0.0790 e. The number of hydrogen-bond donors (Lipinski definition) is 1. The minimum Gasteiger partial charge on any atom is -0.298 e. The summed E-state index contributed by atoms with van der Waals surface area (Å²) in [6.07, 6.45) is 8.31. The van der Waals surface area contributed by atoms with Crippen molar-refractivity contribution in [2.45, 2.75) is 62.8 Å². The van der Waals surface area contributed by atoms with Crippen LogP contribution >= 0.6 is 11.8 Å². The predicted molar refractivity (Wildman–Crippen MR) is 61.4 cm³/mol. The Bertz CT molecular complexity index is 163. The molecule has 0 bridgehead atoms. The second-order valence-corrected chi connectivity index (χ2v) is 6.03. The molecule has 3 heteroatoms. The van der Waals surface area contributed by atoms with Crippen LogP contribution in [0.1, 0.15) is 45.4 Å².